The van der Waals surface area contributed by atoms with Crippen LogP contribution in [0.2, 0.25) is 0 Å². The number of ether oxygens (including phenoxy) is 1. The second-order valence-electron chi connectivity index (χ2n) is 5.28. The van der Waals surface area contributed by atoms with Gasteiger partial charge in [-0.1, -0.05) is 25.1 Å². The lowest BCUT2D eigenvalue weighted by molar-refractivity contribution is -0.135. The van der Waals surface area contributed by atoms with Crippen LogP contribution in [0.15, 0.2) is 24.3 Å². The first-order valence-corrected chi connectivity index (χ1v) is 7.34. The second-order valence-corrected chi connectivity index (χ2v) is 5.28. The zero-order valence-corrected chi connectivity index (χ0v) is 12.0. The van der Waals surface area contributed by atoms with Crippen molar-refractivity contribution < 1.29 is 14.6 Å². The van der Waals surface area contributed by atoms with Gasteiger partial charge in [0.2, 0.25) is 0 Å². The normalized spacial score (nSPS) is 18.9. The molecular weight excluding hydrogens is 254 g/mol. The van der Waals surface area contributed by atoms with Gasteiger partial charge in [0.25, 0.3) is 5.91 Å². The predicted molar refractivity (Wildman–Crippen MR) is 77.7 cm³/mol. The van der Waals surface area contributed by atoms with E-state index in [1.165, 1.54) is 0 Å². The highest BCUT2D eigenvalue weighted by Gasteiger charge is 2.23. The number of carbonyl (C=O) groups is 1. The molecule has 1 aliphatic heterocycles. The van der Waals surface area contributed by atoms with E-state index in [4.69, 9.17) is 4.74 Å². The van der Waals surface area contributed by atoms with Gasteiger partial charge in [-0.3, -0.25) is 4.79 Å². The summed E-state index contributed by atoms with van der Waals surface area (Å²) in [5, 5.41) is 9.20. The topological polar surface area (TPSA) is 49.8 Å². The van der Waals surface area contributed by atoms with Crippen LogP contribution < -0.4 is 4.74 Å². The minimum atomic E-state index is 0.00839. The Morgan fingerprint density at radius 1 is 1.45 bits per heavy atom. The van der Waals surface area contributed by atoms with Crippen molar-refractivity contribution in [2.24, 2.45) is 5.92 Å². The maximum Gasteiger partial charge on any atom is 0.260 e. The molecule has 0 radical (unpaired) electrons. The quantitative estimate of drug-likeness (QED) is 0.893. The molecule has 1 fully saturated rings. The average Bonchev–Trinajstić information content (AvgIpc) is 2.52. The van der Waals surface area contributed by atoms with Crippen molar-refractivity contribution in [3.8, 4) is 5.75 Å². The van der Waals surface area contributed by atoms with Gasteiger partial charge >= 0.3 is 0 Å². The Morgan fingerprint density at radius 2 is 2.25 bits per heavy atom. The summed E-state index contributed by atoms with van der Waals surface area (Å²) < 4.78 is 5.66. The summed E-state index contributed by atoms with van der Waals surface area (Å²) in [4.78, 5) is 14.0. The third-order valence-electron chi connectivity index (χ3n) is 3.83. The van der Waals surface area contributed by atoms with E-state index in [0.717, 1.165) is 37.1 Å². The SMILES string of the molecule is CCc1ccccc1OCC(=O)N1CCCC(CO)C1. The molecule has 110 valence electrons. The monoisotopic (exact) mass is 277 g/mol. The Labute approximate surface area is 120 Å². The van der Waals surface area contributed by atoms with Crippen LogP contribution in [-0.4, -0.2) is 42.2 Å². The van der Waals surface area contributed by atoms with Crippen molar-refractivity contribution >= 4 is 5.91 Å². The van der Waals surface area contributed by atoms with Gasteiger partial charge in [-0.25, -0.2) is 0 Å². The molecule has 1 saturated heterocycles. The predicted octanol–water partition coefficient (Wildman–Crippen LogP) is 1.86. The third-order valence-corrected chi connectivity index (χ3v) is 3.83. The molecular formula is C16H23NO3. The highest BCUT2D eigenvalue weighted by atomic mass is 16.5. The van der Waals surface area contributed by atoms with Gasteiger partial charge in [0.15, 0.2) is 6.61 Å². The standard InChI is InChI=1S/C16H23NO3/c1-2-14-7-3-4-8-15(14)20-12-16(19)17-9-5-6-13(10-17)11-18/h3-4,7-8,13,18H,2,5-6,9-12H2,1H3. The molecule has 4 heteroatoms. The van der Waals surface area contributed by atoms with Crippen LogP contribution in [-0.2, 0) is 11.2 Å². The summed E-state index contributed by atoms with van der Waals surface area (Å²) in [5.74, 6) is 1.02. The van der Waals surface area contributed by atoms with E-state index in [0.29, 0.717) is 6.54 Å². The molecule has 0 aromatic heterocycles. The number of aryl methyl sites for hydroxylation is 1. The molecule has 0 spiro atoms. The van der Waals surface area contributed by atoms with Crippen molar-refractivity contribution in [3.63, 3.8) is 0 Å². The molecule has 20 heavy (non-hydrogen) atoms. The van der Waals surface area contributed by atoms with Crippen molar-refractivity contribution in [1.29, 1.82) is 0 Å². The number of para-hydroxylation sites is 1. The number of rotatable bonds is 5. The third kappa shape index (κ3) is 3.73. The molecule has 0 saturated carbocycles. The van der Waals surface area contributed by atoms with Crippen LogP contribution in [0.1, 0.15) is 25.3 Å². The van der Waals surface area contributed by atoms with Gasteiger partial charge in [-0.2, -0.15) is 0 Å². The summed E-state index contributed by atoms with van der Waals surface area (Å²) in [5.41, 5.74) is 1.12. The minimum absolute atomic E-state index is 0.00839. The Hall–Kier alpha value is -1.55. The number of benzene rings is 1. The Kier molecular flexibility index (Phi) is 5.41. The van der Waals surface area contributed by atoms with Crippen molar-refractivity contribution in [3.05, 3.63) is 29.8 Å². The lowest BCUT2D eigenvalue weighted by atomic mass is 9.99. The zero-order valence-electron chi connectivity index (χ0n) is 12.0. The molecule has 1 heterocycles. The minimum Gasteiger partial charge on any atom is -0.483 e. The van der Waals surface area contributed by atoms with Gasteiger partial charge in [0.1, 0.15) is 5.75 Å². The number of hydrogen-bond donors (Lipinski definition) is 1. The van der Waals surface area contributed by atoms with E-state index < -0.39 is 0 Å². The fourth-order valence-electron chi connectivity index (χ4n) is 2.61. The maximum atomic E-state index is 12.2. The van der Waals surface area contributed by atoms with E-state index in [1.807, 2.05) is 24.3 Å². The van der Waals surface area contributed by atoms with Crippen LogP contribution in [0.3, 0.4) is 0 Å². The number of hydrogen-bond acceptors (Lipinski definition) is 3. The lowest BCUT2D eigenvalue weighted by Crippen LogP contribution is -2.43. The first kappa shape index (κ1) is 14.9. The first-order chi connectivity index (χ1) is 9.74. The van der Waals surface area contributed by atoms with E-state index in [9.17, 15) is 9.90 Å². The summed E-state index contributed by atoms with van der Waals surface area (Å²) in [6.45, 7) is 3.72. The van der Waals surface area contributed by atoms with Gasteiger partial charge in [0, 0.05) is 19.7 Å². The number of aliphatic hydroxyl groups excluding tert-OH is 1. The molecule has 1 atom stereocenters. The van der Waals surface area contributed by atoms with Gasteiger partial charge in [-0.05, 0) is 36.8 Å². The van der Waals surface area contributed by atoms with Crippen molar-refractivity contribution in [1.82, 2.24) is 4.90 Å². The van der Waals surface area contributed by atoms with E-state index in [2.05, 4.69) is 6.92 Å². The molecule has 1 aliphatic rings. The highest BCUT2D eigenvalue weighted by molar-refractivity contribution is 5.77. The second kappa shape index (κ2) is 7.29. The number of amides is 1. The largest absolute Gasteiger partial charge is 0.483 e. The first-order valence-electron chi connectivity index (χ1n) is 7.34. The molecule has 0 bridgehead atoms. The molecule has 1 unspecified atom stereocenters. The van der Waals surface area contributed by atoms with Crippen LogP contribution >= 0.6 is 0 Å². The van der Waals surface area contributed by atoms with Crippen molar-refractivity contribution in [2.75, 3.05) is 26.3 Å². The summed E-state index contributed by atoms with van der Waals surface area (Å²) in [6.07, 6.45) is 2.85. The zero-order chi connectivity index (χ0) is 14.4. The maximum absolute atomic E-state index is 12.2. The Bertz CT molecular complexity index is 447. The number of carbonyl (C=O) groups excluding carboxylic acids is 1. The Morgan fingerprint density at radius 3 is 3.00 bits per heavy atom. The highest BCUT2D eigenvalue weighted by Crippen LogP contribution is 2.19. The molecule has 1 N–H and O–H groups in total. The fraction of sp³-hybridized carbons (Fsp3) is 0.562. The number of nitrogens with zero attached hydrogens (tertiary/aromatic N) is 1. The van der Waals surface area contributed by atoms with E-state index in [-0.39, 0.29) is 25.0 Å². The van der Waals surface area contributed by atoms with Gasteiger partial charge in [-0.15, -0.1) is 0 Å². The summed E-state index contributed by atoms with van der Waals surface area (Å²) >= 11 is 0. The van der Waals surface area contributed by atoms with E-state index >= 15 is 0 Å². The Balaban J connectivity index is 1.88. The molecule has 0 aliphatic carbocycles. The number of likely N-dealkylation sites (tertiary alicyclic amines) is 1. The number of aliphatic hydroxyl groups is 1. The molecule has 1 amide bonds. The van der Waals surface area contributed by atoms with Crippen LogP contribution in [0, 0.1) is 5.92 Å². The molecule has 1 aromatic rings. The van der Waals surface area contributed by atoms with Crippen LogP contribution in [0.5, 0.6) is 5.75 Å². The molecule has 1 aromatic carbocycles. The molecule has 4 nitrogen and oxygen atoms in total. The van der Waals surface area contributed by atoms with Crippen LogP contribution in [0.4, 0.5) is 0 Å². The molecule has 2 rings (SSSR count). The van der Waals surface area contributed by atoms with Gasteiger partial charge < -0.3 is 14.7 Å². The van der Waals surface area contributed by atoms with Gasteiger partial charge in [0.05, 0.1) is 0 Å². The summed E-state index contributed by atoms with van der Waals surface area (Å²) in [6, 6.07) is 7.81. The summed E-state index contributed by atoms with van der Waals surface area (Å²) in [7, 11) is 0. The smallest absolute Gasteiger partial charge is 0.260 e. The van der Waals surface area contributed by atoms with E-state index in [1.54, 1.807) is 4.90 Å². The van der Waals surface area contributed by atoms with Crippen LogP contribution in [0.25, 0.3) is 0 Å². The van der Waals surface area contributed by atoms with Crippen molar-refractivity contribution in [2.45, 2.75) is 26.2 Å². The lowest BCUT2D eigenvalue weighted by Gasteiger charge is -2.31. The fourth-order valence-corrected chi connectivity index (χ4v) is 2.61. The number of piperidine rings is 1. The average molecular weight is 277 g/mol.